The first-order valence-electron chi connectivity index (χ1n) is 12.0. The van der Waals surface area contributed by atoms with Gasteiger partial charge in [0.15, 0.2) is 0 Å². The van der Waals surface area contributed by atoms with Crippen LogP contribution in [0.5, 0.6) is 0 Å². The van der Waals surface area contributed by atoms with Gasteiger partial charge in [-0.15, -0.1) is 0 Å². The molecule has 2 unspecified atom stereocenters. The largest absolute Gasteiger partial charge is 0.449 e. The van der Waals surface area contributed by atoms with Crippen LogP contribution in [0.3, 0.4) is 0 Å². The molecule has 1 aliphatic heterocycles. The van der Waals surface area contributed by atoms with Crippen LogP contribution in [0.1, 0.15) is 28.7 Å². The molecule has 0 saturated carbocycles. The van der Waals surface area contributed by atoms with E-state index in [1.54, 1.807) is 6.07 Å². The Labute approximate surface area is 204 Å². The van der Waals surface area contributed by atoms with E-state index in [2.05, 4.69) is 34.5 Å². The zero-order chi connectivity index (χ0) is 24.2. The van der Waals surface area contributed by atoms with Crippen LogP contribution >= 0.6 is 0 Å². The number of carbonyl (C=O) groups is 1. The zero-order valence-electron chi connectivity index (χ0n) is 19.5. The fourth-order valence-electron chi connectivity index (χ4n) is 4.99. The van der Waals surface area contributed by atoms with E-state index in [4.69, 9.17) is 9.47 Å². The number of ether oxygens (including phenoxy) is 2. The minimum absolute atomic E-state index is 0.0379. The van der Waals surface area contributed by atoms with E-state index in [0.29, 0.717) is 18.8 Å². The van der Waals surface area contributed by atoms with Gasteiger partial charge >= 0.3 is 6.09 Å². The van der Waals surface area contributed by atoms with Gasteiger partial charge in [-0.1, -0.05) is 66.7 Å². The number of amides is 1. The zero-order valence-corrected chi connectivity index (χ0v) is 19.5. The number of morpholine rings is 1. The average molecular weight is 475 g/mol. The predicted octanol–water partition coefficient (Wildman–Crippen LogP) is 3.46. The molecule has 7 nitrogen and oxygen atoms in total. The Morgan fingerprint density at radius 3 is 2.23 bits per heavy atom. The number of aliphatic hydroxyl groups is 2. The third kappa shape index (κ3) is 4.89. The van der Waals surface area contributed by atoms with Crippen molar-refractivity contribution in [1.29, 1.82) is 0 Å². The van der Waals surface area contributed by atoms with Gasteiger partial charge < -0.3 is 29.9 Å². The highest BCUT2D eigenvalue weighted by molar-refractivity contribution is 5.79. The number of carbonyl (C=O) groups excluding carboxylic acids is 1. The van der Waals surface area contributed by atoms with E-state index >= 15 is 0 Å². The number of benzene rings is 3. The number of nitrogens with zero attached hydrogens (tertiary/aromatic N) is 1. The number of rotatable bonds is 7. The van der Waals surface area contributed by atoms with E-state index < -0.39 is 18.3 Å². The van der Waals surface area contributed by atoms with Gasteiger partial charge in [-0.2, -0.15) is 0 Å². The van der Waals surface area contributed by atoms with Crippen molar-refractivity contribution in [2.75, 3.05) is 44.4 Å². The summed E-state index contributed by atoms with van der Waals surface area (Å²) in [4.78, 5) is 14.6. The van der Waals surface area contributed by atoms with E-state index in [-0.39, 0.29) is 19.1 Å². The van der Waals surface area contributed by atoms with Crippen molar-refractivity contribution in [1.82, 2.24) is 5.32 Å². The molecule has 1 amide bonds. The smallest absolute Gasteiger partial charge is 0.407 e. The first-order valence-corrected chi connectivity index (χ1v) is 12.0. The summed E-state index contributed by atoms with van der Waals surface area (Å²) in [5.41, 5.74) is 6.08. The average Bonchev–Trinajstić information content (AvgIpc) is 3.24. The first kappa shape index (κ1) is 23.4. The summed E-state index contributed by atoms with van der Waals surface area (Å²) in [5.74, 6) is -0.0379. The number of nitrogens with one attached hydrogen (secondary N) is 1. The number of fused-ring (bicyclic) bond motifs is 3. The Bertz CT molecular complexity index is 1130. The molecule has 1 heterocycles. The maximum atomic E-state index is 12.5. The van der Waals surface area contributed by atoms with Crippen molar-refractivity contribution < 1.29 is 24.5 Å². The fraction of sp³-hybridized carbons (Fsp3) is 0.321. The summed E-state index contributed by atoms with van der Waals surface area (Å²) in [6.07, 6.45) is -2.96. The van der Waals surface area contributed by atoms with Crippen LogP contribution in [0.4, 0.5) is 10.5 Å². The number of hydrogen-bond donors (Lipinski definition) is 3. The van der Waals surface area contributed by atoms with Crippen LogP contribution in [0.2, 0.25) is 0 Å². The standard InChI is InChI=1S/C28H30N2O5/c31-26(27(32)23-11-5-6-12-25(23)30-13-15-34-16-14-30)17-29-28(33)35-18-24-21-9-3-1-7-19(21)20-8-2-4-10-22(20)24/h1-12,24,26-27,31-32H,13-18H2,(H,29,33). The molecule has 2 aliphatic rings. The van der Waals surface area contributed by atoms with E-state index in [9.17, 15) is 15.0 Å². The summed E-state index contributed by atoms with van der Waals surface area (Å²) in [6.45, 7) is 2.75. The lowest BCUT2D eigenvalue weighted by Gasteiger charge is -2.32. The molecule has 3 aromatic carbocycles. The van der Waals surface area contributed by atoms with Crippen molar-refractivity contribution in [2.45, 2.75) is 18.1 Å². The van der Waals surface area contributed by atoms with Crippen molar-refractivity contribution in [2.24, 2.45) is 0 Å². The van der Waals surface area contributed by atoms with Crippen LogP contribution in [0, 0.1) is 0 Å². The lowest BCUT2D eigenvalue weighted by molar-refractivity contribution is 0.0186. The van der Waals surface area contributed by atoms with Gasteiger partial charge in [0.1, 0.15) is 18.8 Å². The van der Waals surface area contributed by atoms with Gasteiger partial charge in [0.2, 0.25) is 0 Å². The first-order chi connectivity index (χ1) is 17.1. The van der Waals surface area contributed by atoms with Gasteiger partial charge in [0.25, 0.3) is 0 Å². The molecule has 1 fully saturated rings. The number of alkyl carbamates (subject to hydrolysis) is 1. The normalized spacial score (nSPS) is 16.8. The highest BCUT2D eigenvalue weighted by atomic mass is 16.5. The molecular formula is C28H30N2O5. The summed E-state index contributed by atoms with van der Waals surface area (Å²) in [7, 11) is 0. The van der Waals surface area contributed by atoms with Crippen molar-refractivity contribution >= 4 is 11.8 Å². The third-order valence-corrected chi connectivity index (χ3v) is 6.77. The maximum Gasteiger partial charge on any atom is 0.407 e. The predicted molar refractivity (Wildman–Crippen MR) is 134 cm³/mol. The lowest BCUT2D eigenvalue weighted by atomic mass is 9.98. The molecule has 182 valence electrons. The molecule has 3 N–H and O–H groups in total. The summed E-state index contributed by atoms with van der Waals surface area (Å²) in [6, 6.07) is 23.7. The quantitative estimate of drug-likeness (QED) is 0.486. The Morgan fingerprint density at radius 2 is 1.54 bits per heavy atom. The molecule has 0 spiro atoms. The molecule has 2 atom stereocenters. The Balaban J connectivity index is 1.18. The Morgan fingerprint density at radius 1 is 0.943 bits per heavy atom. The van der Waals surface area contributed by atoms with Crippen molar-refractivity contribution in [3.8, 4) is 11.1 Å². The lowest BCUT2D eigenvalue weighted by Crippen LogP contribution is -2.39. The molecule has 0 aromatic heterocycles. The molecule has 3 aromatic rings. The number of hydrogen-bond acceptors (Lipinski definition) is 6. The minimum Gasteiger partial charge on any atom is -0.449 e. The highest BCUT2D eigenvalue weighted by Crippen LogP contribution is 2.44. The van der Waals surface area contributed by atoms with E-state index in [0.717, 1.165) is 41.0 Å². The topological polar surface area (TPSA) is 91.3 Å². The highest BCUT2D eigenvalue weighted by Gasteiger charge is 2.29. The second kappa shape index (κ2) is 10.5. The Hall–Kier alpha value is -3.39. The molecule has 1 saturated heterocycles. The molecule has 1 aliphatic carbocycles. The van der Waals surface area contributed by atoms with Crippen LogP contribution in [0.25, 0.3) is 11.1 Å². The van der Waals surface area contributed by atoms with Crippen LogP contribution in [0.15, 0.2) is 72.8 Å². The monoisotopic (exact) mass is 474 g/mol. The van der Waals surface area contributed by atoms with Crippen molar-refractivity contribution in [3.05, 3.63) is 89.5 Å². The molecule has 35 heavy (non-hydrogen) atoms. The number of aliphatic hydroxyl groups excluding tert-OH is 2. The van der Waals surface area contributed by atoms with Crippen LogP contribution < -0.4 is 10.2 Å². The third-order valence-electron chi connectivity index (χ3n) is 6.77. The van der Waals surface area contributed by atoms with E-state index in [1.807, 2.05) is 42.5 Å². The van der Waals surface area contributed by atoms with Crippen LogP contribution in [-0.2, 0) is 9.47 Å². The number of para-hydroxylation sites is 1. The van der Waals surface area contributed by atoms with Gasteiger partial charge in [-0.3, -0.25) is 0 Å². The van der Waals surface area contributed by atoms with E-state index in [1.165, 1.54) is 0 Å². The fourth-order valence-corrected chi connectivity index (χ4v) is 4.99. The summed E-state index contributed by atoms with van der Waals surface area (Å²) in [5, 5.41) is 24.1. The van der Waals surface area contributed by atoms with Gasteiger partial charge in [0, 0.05) is 36.8 Å². The molecule has 0 bridgehead atoms. The molecular weight excluding hydrogens is 444 g/mol. The number of anilines is 1. The second-order valence-corrected chi connectivity index (χ2v) is 8.88. The van der Waals surface area contributed by atoms with Crippen LogP contribution in [-0.4, -0.2) is 61.9 Å². The molecule has 5 rings (SSSR count). The van der Waals surface area contributed by atoms with Gasteiger partial charge in [-0.05, 0) is 28.3 Å². The SMILES string of the molecule is O=C(NCC(O)C(O)c1ccccc1N1CCOCC1)OCC1c2ccccc2-c2ccccc21. The minimum atomic E-state index is -1.18. The molecule has 7 heteroatoms. The van der Waals surface area contributed by atoms with Gasteiger partial charge in [-0.25, -0.2) is 4.79 Å². The van der Waals surface area contributed by atoms with Gasteiger partial charge in [0.05, 0.1) is 13.2 Å². The maximum absolute atomic E-state index is 12.5. The summed E-state index contributed by atoms with van der Waals surface area (Å²) < 4.78 is 10.9. The summed E-state index contributed by atoms with van der Waals surface area (Å²) >= 11 is 0. The second-order valence-electron chi connectivity index (χ2n) is 8.88. The Kier molecular flexibility index (Phi) is 6.99. The van der Waals surface area contributed by atoms with Crippen molar-refractivity contribution in [3.63, 3.8) is 0 Å². The molecule has 0 radical (unpaired) electrons.